The molecule has 2 aromatic carbocycles. The molecule has 0 atom stereocenters. The Morgan fingerprint density at radius 1 is 1.00 bits per heavy atom. The van der Waals surface area contributed by atoms with Gasteiger partial charge in [-0.15, -0.1) is 0 Å². The number of rotatable bonds is 3. The van der Waals surface area contributed by atoms with Gasteiger partial charge in [-0.2, -0.15) is 0 Å². The SMILES string of the molecule is COc1ccc(C2=C(Cl)C(=O)N(c3cccc(Cl)c3)C(=O)C2(Cl)Cl)cc1. The maximum atomic E-state index is 12.9. The van der Waals surface area contributed by atoms with E-state index in [1.807, 2.05) is 0 Å². The summed E-state index contributed by atoms with van der Waals surface area (Å²) in [5.74, 6) is -0.973. The highest BCUT2D eigenvalue weighted by Gasteiger charge is 2.51. The zero-order chi connectivity index (χ0) is 19.1. The number of nitrogens with zero attached hydrogens (tertiary/aromatic N) is 1. The second kappa shape index (κ2) is 7.12. The van der Waals surface area contributed by atoms with Crippen LogP contribution in [0, 0.1) is 0 Å². The zero-order valence-corrected chi connectivity index (χ0v) is 16.3. The van der Waals surface area contributed by atoms with Crippen molar-refractivity contribution in [1.82, 2.24) is 0 Å². The van der Waals surface area contributed by atoms with Crippen LogP contribution < -0.4 is 9.64 Å². The molecule has 0 spiro atoms. The summed E-state index contributed by atoms with van der Waals surface area (Å²) in [5, 5.41) is 0.0960. The molecule has 26 heavy (non-hydrogen) atoms. The minimum absolute atomic E-state index is 0.0263. The maximum Gasteiger partial charge on any atom is 0.277 e. The standard InChI is InChI=1S/C18H11Cl4NO3/c1-26-13-7-5-10(6-8-13)14-15(20)16(24)23(17(25)18(14,21)22)12-4-2-3-11(19)9-12/h2-9H,1H3. The molecule has 0 bridgehead atoms. The average Bonchev–Trinajstić information content (AvgIpc) is 2.61. The van der Waals surface area contributed by atoms with Crippen LogP contribution >= 0.6 is 46.4 Å². The van der Waals surface area contributed by atoms with Gasteiger partial charge in [0.05, 0.1) is 12.8 Å². The molecule has 2 amide bonds. The van der Waals surface area contributed by atoms with E-state index in [2.05, 4.69) is 0 Å². The highest BCUT2D eigenvalue weighted by Crippen LogP contribution is 2.46. The Hall–Kier alpha value is -1.72. The first-order valence-electron chi connectivity index (χ1n) is 7.34. The van der Waals surface area contributed by atoms with Crippen molar-refractivity contribution in [3.05, 3.63) is 64.1 Å². The number of carbonyl (C=O) groups is 2. The Bertz CT molecular complexity index is 922. The lowest BCUT2D eigenvalue weighted by Crippen LogP contribution is -2.51. The molecule has 0 saturated carbocycles. The molecule has 0 radical (unpaired) electrons. The van der Waals surface area contributed by atoms with E-state index in [1.54, 1.807) is 36.4 Å². The summed E-state index contributed by atoms with van der Waals surface area (Å²) in [6.07, 6.45) is 0. The fourth-order valence-electron chi connectivity index (χ4n) is 2.60. The summed E-state index contributed by atoms with van der Waals surface area (Å²) in [5.41, 5.74) is 0.691. The van der Waals surface area contributed by atoms with Gasteiger partial charge in [-0.1, -0.05) is 64.6 Å². The lowest BCUT2D eigenvalue weighted by atomic mass is 9.96. The third kappa shape index (κ3) is 3.19. The molecule has 1 heterocycles. The summed E-state index contributed by atoms with van der Waals surface area (Å²) in [4.78, 5) is 26.5. The highest BCUT2D eigenvalue weighted by molar-refractivity contribution is 6.70. The minimum atomic E-state index is -2.05. The largest absolute Gasteiger partial charge is 0.497 e. The molecule has 134 valence electrons. The lowest BCUT2D eigenvalue weighted by Gasteiger charge is -2.34. The maximum absolute atomic E-state index is 12.9. The Morgan fingerprint density at radius 2 is 1.65 bits per heavy atom. The van der Waals surface area contributed by atoms with Gasteiger partial charge in [-0.25, -0.2) is 4.90 Å². The van der Waals surface area contributed by atoms with Crippen LogP contribution in [-0.2, 0) is 9.59 Å². The molecule has 1 aliphatic heterocycles. The number of amides is 2. The van der Waals surface area contributed by atoms with Crippen molar-refractivity contribution in [3.8, 4) is 5.75 Å². The quantitative estimate of drug-likeness (QED) is 0.505. The van der Waals surface area contributed by atoms with Gasteiger partial charge in [0.1, 0.15) is 10.8 Å². The predicted molar refractivity (Wildman–Crippen MR) is 104 cm³/mol. The average molecular weight is 431 g/mol. The molecule has 0 unspecified atom stereocenters. The van der Waals surface area contributed by atoms with Crippen LogP contribution in [0.2, 0.25) is 5.02 Å². The van der Waals surface area contributed by atoms with E-state index < -0.39 is 16.1 Å². The lowest BCUT2D eigenvalue weighted by molar-refractivity contribution is -0.124. The number of hydrogen-bond acceptors (Lipinski definition) is 3. The minimum Gasteiger partial charge on any atom is -0.497 e. The van der Waals surface area contributed by atoms with E-state index in [9.17, 15) is 9.59 Å². The molecule has 3 rings (SSSR count). The van der Waals surface area contributed by atoms with Crippen molar-refractivity contribution >= 4 is 69.5 Å². The molecule has 4 nitrogen and oxygen atoms in total. The summed E-state index contributed by atoms with van der Waals surface area (Å²) >= 11 is 24.9. The Labute approximate surface area is 169 Å². The Balaban J connectivity index is 2.14. The molecule has 0 aromatic heterocycles. The number of anilines is 1. The number of benzene rings is 2. The first-order valence-corrected chi connectivity index (χ1v) is 8.85. The van der Waals surface area contributed by atoms with Crippen LogP contribution in [0.5, 0.6) is 5.75 Å². The predicted octanol–water partition coefficient (Wildman–Crippen LogP) is 5.05. The van der Waals surface area contributed by atoms with Gasteiger partial charge < -0.3 is 4.74 Å². The molecular formula is C18H11Cl4NO3. The fraction of sp³-hybridized carbons (Fsp3) is 0.111. The van der Waals surface area contributed by atoms with Crippen LogP contribution in [0.4, 0.5) is 5.69 Å². The van der Waals surface area contributed by atoms with Gasteiger partial charge >= 0.3 is 0 Å². The number of ether oxygens (including phenoxy) is 1. The number of halogens is 4. The molecular weight excluding hydrogens is 420 g/mol. The number of imide groups is 1. The summed E-state index contributed by atoms with van der Waals surface area (Å²) < 4.78 is 3.04. The van der Waals surface area contributed by atoms with Crippen LogP contribution in [0.1, 0.15) is 5.56 Å². The zero-order valence-electron chi connectivity index (χ0n) is 13.3. The van der Waals surface area contributed by atoms with Gasteiger partial charge in [-0.3, -0.25) is 9.59 Å². The van der Waals surface area contributed by atoms with Crippen LogP contribution in [-0.4, -0.2) is 23.3 Å². The van der Waals surface area contributed by atoms with Gasteiger partial charge in [0, 0.05) is 10.6 Å². The van der Waals surface area contributed by atoms with Gasteiger partial charge in [-0.05, 0) is 35.9 Å². The second-order valence-electron chi connectivity index (χ2n) is 5.42. The van der Waals surface area contributed by atoms with Crippen molar-refractivity contribution < 1.29 is 14.3 Å². The third-order valence-corrected chi connectivity index (χ3v) is 5.13. The van der Waals surface area contributed by atoms with E-state index in [0.717, 1.165) is 4.90 Å². The molecule has 8 heteroatoms. The van der Waals surface area contributed by atoms with Crippen LogP contribution in [0.25, 0.3) is 5.57 Å². The normalized spacial score (nSPS) is 16.9. The summed E-state index contributed by atoms with van der Waals surface area (Å²) in [6, 6.07) is 12.7. The Morgan fingerprint density at radius 3 is 2.23 bits per heavy atom. The van der Waals surface area contributed by atoms with Crippen molar-refractivity contribution in [1.29, 1.82) is 0 Å². The van der Waals surface area contributed by atoms with Crippen molar-refractivity contribution in [2.45, 2.75) is 4.33 Å². The van der Waals surface area contributed by atoms with E-state index in [0.29, 0.717) is 16.3 Å². The summed E-state index contributed by atoms with van der Waals surface area (Å²) in [6.45, 7) is 0. The molecule has 2 aromatic rings. The van der Waals surface area contributed by atoms with E-state index >= 15 is 0 Å². The monoisotopic (exact) mass is 429 g/mol. The number of carbonyl (C=O) groups excluding carboxylic acids is 2. The molecule has 0 N–H and O–H groups in total. The van der Waals surface area contributed by atoms with Gasteiger partial charge in [0.15, 0.2) is 0 Å². The first-order chi connectivity index (χ1) is 12.3. The van der Waals surface area contributed by atoms with E-state index in [-0.39, 0.29) is 16.3 Å². The van der Waals surface area contributed by atoms with Crippen LogP contribution in [0.3, 0.4) is 0 Å². The molecule has 0 aliphatic carbocycles. The number of alkyl halides is 2. The first kappa shape index (κ1) is 19.1. The number of hydrogen-bond donors (Lipinski definition) is 0. The smallest absolute Gasteiger partial charge is 0.277 e. The highest BCUT2D eigenvalue weighted by atomic mass is 35.5. The molecule has 0 saturated heterocycles. The molecule has 0 fully saturated rings. The van der Waals surface area contributed by atoms with Crippen molar-refractivity contribution in [2.24, 2.45) is 0 Å². The van der Waals surface area contributed by atoms with Crippen LogP contribution in [0.15, 0.2) is 53.6 Å². The van der Waals surface area contributed by atoms with Crippen molar-refractivity contribution in [3.63, 3.8) is 0 Å². The molecule has 1 aliphatic rings. The van der Waals surface area contributed by atoms with Gasteiger partial charge in [0.2, 0.25) is 4.33 Å². The third-order valence-electron chi connectivity index (χ3n) is 3.84. The fourth-order valence-corrected chi connectivity index (χ4v) is 3.79. The second-order valence-corrected chi connectivity index (χ2v) is 7.56. The Kier molecular flexibility index (Phi) is 5.22. The summed E-state index contributed by atoms with van der Waals surface area (Å²) in [7, 11) is 1.52. The number of methoxy groups -OCH3 is 1. The van der Waals surface area contributed by atoms with Gasteiger partial charge in [0.25, 0.3) is 11.8 Å². The van der Waals surface area contributed by atoms with Crippen molar-refractivity contribution in [2.75, 3.05) is 12.0 Å². The topological polar surface area (TPSA) is 46.6 Å². The van der Waals surface area contributed by atoms with E-state index in [1.165, 1.54) is 19.2 Å². The van der Waals surface area contributed by atoms with E-state index in [4.69, 9.17) is 51.1 Å².